The van der Waals surface area contributed by atoms with E-state index in [1.165, 1.54) is 0 Å². The van der Waals surface area contributed by atoms with Gasteiger partial charge in [0.1, 0.15) is 6.66 Å². The van der Waals surface area contributed by atoms with Crippen LogP contribution in [0, 0.1) is 11.6 Å². The zero-order valence-electron chi connectivity index (χ0n) is 3.86. The molecule has 1 nitrogen and oxygen atoms in total. The zero-order valence-corrected chi connectivity index (χ0v) is 4.75. The molecule has 0 heterocycles. The van der Waals surface area contributed by atoms with Gasteiger partial charge in [0.25, 0.3) is 0 Å². The molecule has 0 aromatic carbocycles. The van der Waals surface area contributed by atoms with Gasteiger partial charge in [0.15, 0.2) is 5.66 Å². The molecule has 0 rings (SSSR count). The van der Waals surface area contributed by atoms with Crippen molar-refractivity contribution in [2.24, 2.45) is 0 Å². The zero-order chi connectivity index (χ0) is 4.99. The van der Waals surface area contributed by atoms with Crippen molar-refractivity contribution in [1.29, 1.82) is 0 Å². The second-order valence-corrected chi connectivity index (χ2v) is 2.08. The summed E-state index contributed by atoms with van der Waals surface area (Å²) in [6.07, 6.45) is 0. The van der Waals surface area contributed by atoms with Gasteiger partial charge in [0, 0.05) is 6.92 Å². The number of hydrogen-bond donors (Lipinski definition) is 0. The van der Waals surface area contributed by atoms with Gasteiger partial charge in [-0.15, -0.1) is 0 Å². The molecular weight excluding hydrogens is 95.0 g/mol. The summed E-state index contributed by atoms with van der Waals surface area (Å²) in [6.45, 7) is 3.27. The van der Waals surface area contributed by atoms with Crippen molar-refractivity contribution in [1.82, 2.24) is 0 Å². The third kappa shape index (κ3) is 3.66. The lowest BCUT2D eigenvalue weighted by atomic mass is 10.8. The highest BCUT2D eigenvalue weighted by Gasteiger charge is 1.91. The summed E-state index contributed by atoms with van der Waals surface area (Å²) >= 11 is 0. The Kier molecular flexibility index (Phi) is 2.71. The molecule has 0 bridgehead atoms. The van der Waals surface area contributed by atoms with Gasteiger partial charge in [0.05, 0.1) is 0 Å². The maximum atomic E-state index is 10.0. The highest BCUT2D eigenvalue weighted by molar-refractivity contribution is 7.49. The normalized spacial score (nSPS) is 8.67. The molecule has 0 aliphatic heterocycles. The van der Waals surface area contributed by atoms with Crippen LogP contribution in [0.1, 0.15) is 6.92 Å². The van der Waals surface area contributed by atoms with Gasteiger partial charge in [-0.2, -0.15) is 0 Å². The lowest BCUT2D eigenvalue weighted by molar-refractivity contribution is 0.597. The molecule has 0 radical (unpaired) electrons. The van der Waals surface area contributed by atoms with E-state index in [0.717, 1.165) is 0 Å². The molecule has 0 spiro atoms. The quantitative estimate of drug-likeness (QED) is 0.333. The van der Waals surface area contributed by atoms with Crippen molar-refractivity contribution in [3.8, 4) is 11.6 Å². The van der Waals surface area contributed by atoms with E-state index in [1.54, 1.807) is 13.6 Å². The standard InChI is InChI=1S/C4H6OP/c1-3-4-6(2)5/h1-2H3/q+1. The monoisotopic (exact) mass is 101 g/mol. The van der Waals surface area contributed by atoms with E-state index >= 15 is 0 Å². The molecular formula is C4H6OP+. The topological polar surface area (TPSA) is 17.1 Å². The summed E-state index contributed by atoms with van der Waals surface area (Å²) < 4.78 is 10.0. The second-order valence-electron chi connectivity index (χ2n) is 0.859. The molecule has 0 aliphatic carbocycles. The van der Waals surface area contributed by atoms with Crippen LogP contribution in [0.5, 0.6) is 0 Å². The largest absolute Gasteiger partial charge is 0.425 e. The Morgan fingerprint density at radius 2 is 2.17 bits per heavy atom. The Hall–Kier alpha value is -0.340. The highest BCUT2D eigenvalue weighted by atomic mass is 31.1. The molecule has 0 amide bonds. The molecule has 0 N–H and O–H groups in total. The summed E-state index contributed by atoms with van der Waals surface area (Å²) in [5.41, 5.74) is 2.47. The molecule has 32 valence electrons. The predicted octanol–water partition coefficient (Wildman–Crippen LogP) is 1.42. The summed E-state index contributed by atoms with van der Waals surface area (Å²) in [5, 5.41) is 0. The predicted molar refractivity (Wildman–Crippen MR) is 27.0 cm³/mol. The molecule has 1 atom stereocenters. The van der Waals surface area contributed by atoms with Crippen LogP contribution in [0.4, 0.5) is 0 Å². The van der Waals surface area contributed by atoms with E-state index in [-0.39, 0.29) is 0 Å². The first-order valence-corrected chi connectivity index (χ1v) is 3.31. The van der Waals surface area contributed by atoms with Crippen molar-refractivity contribution in [2.45, 2.75) is 6.92 Å². The molecule has 6 heavy (non-hydrogen) atoms. The van der Waals surface area contributed by atoms with Gasteiger partial charge in [-0.25, -0.2) is 0 Å². The van der Waals surface area contributed by atoms with Crippen LogP contribution in [0.15, 0.2) is 0 Å². The molecule has 2 heteroatoms. The Morgan fingerprint density at radius 1 is 1.67 bits per heavy atom. The van der Waals surface area contributed by atoms with Crippen LogP contribution in [0.25, 0.3) is 0 Å². The van der Waals surface area contributed by atoms with Crippen molar-refractivity contribution in [3.63, 3.8) is 0 Å². The summed E-state index contributed by atoms with van der Waals surface area (Å²) in [6, 6.07) is 0. The van der Waals surface area contributed by atoms with E-state index in [9.17, 15) is 4.57 Å². The van der Waals surface area contributed by atoms with E-state index in [1.807, 2.05) is 0 Å². The maximum Gasteiger partial charge on any atom is 0.425 e. The minimum atomic E-state index is -1.21. The summed E-state index contributed by atoms with van der Waals surface area (Å²) in [5.74, 6) is 2.53. The maximum absolute atomic E-state index is 10.0. The minimum absolute atomic E-state index is 1.21. The average Bonchev–Trinajstić information content (AvgIpc) is 1.35. The second kappa shape index (κ2) is 2.87. The van der Waals surface area contributed by atoms with Crippen molar-refractivity contribution in [2.75, 3.05) is 6.66 Å². The fourth-order valence-electron chi connectivity index (χ4n) is 0.157. The summed E-state index contributed by atoms with van der Waals surface area (Å²) in [7, 11) is -1.21. The lowest BCUT2D eigenvalue weighted by Gasteiger charge is -1.44. The Bertz CT molecular complexity index is 106. The van der Waals surface area contributed by atoms with Gasteiger partial charge in [-0.05, 0) is 0 Å². The van der Waals surface area contributed by atoms with Crippen molar-refractivity contribution >= 4 is 7.80 Å². The fraction of sp³-hybridized carbons (Fsp3) is 0.500. The van der Waals surface area contributed by atoms with Gasteiger partial charge in [-0.1, -0.05) is 10.5 Å². The third-order valence-corrected chi connectivity index (χ3v) is 0.808. The van der Waals surface area contributed by atoms with Crippen LogP contribution in [-0.4, -0.2) is 6.66 Å². The van der Waals surface area contributed by atoms with Gasteiger partial charge < -0.3 is 0 Å². The van der Waals surface area contributed by atoms with Crippen LogP contribution < -0.4 is 0 Å². The average molecular weight is 101 g/mol. The Morgan fingerprint density at radius 3 is 2.17 bits per heavy atom. The molecule has 0 aromatic heterocycles. The van der Waals surface area contributed by atoms with Crippen LogP contribution in [0.2, 0.25) is 0 Å². The van der Waals surface area contributed by atoms with Gasteiger partial charge >= 0.3 is 7.80 Å². The lowest BCUT2D eigenvalue weighted by Crippen LogP contribution is -1.40. The fourth-order valence-corrected chi connectivity index (χ4v) is 0.472. The first-order chi connectivity index (χ1) is 2.77. The summed E-state index contributed by atoms with van der Waals surface area (Å²) in [4.78, 5) is 0. The van der Waals surface area contributed by atoms with E-state index < -0.39 is 7.80 Å². The van der Waals surface area contributed by atoms with E-state index in [2.05, 4.69) is 11.6 Å². The minimum Gasteiger partial charge on any atom is -0.0578 e. The number of hydrogen-bond acceptors (Lipinski definition) is 1. The molecule has 0 aromatic rings. The van der Waals surface area contributed by atoms with Crippen LogP contribution >= 0.6 is 7.80 Å². The smallest absolute Gasteiger partial charge is 0.0578 e. The molecule has 0 fully saturated rings. The third-order valence-electron chi connectivity index (χ3n) is 0.269. The molecule has 0 aliphatic rings. The Labute approximate surface area is 38.5 Å². The molecule has 1 unspecified atom stereocenters. The van der Waals surface area contributed by atoms with Crippen molar-refractivity contribution < 1.29 is 4.57 Å². The number of rotatable bonds is 0. The van der Waals surface area contributed by atoms with E-state index in [4.69, 9.17) is 0 Å². The van der Waals surface area contributed by atoms with Gasteiger partial charge in [0.2, 0.25) is 0 Å². The molecule has 0 saturated carbocycles. The van der Waals surface area contributed by atoms with Crippen LogP contribution in [-0.2, 0) is 4.57 Å². The molecule has 0 saturated heterocycles. The van der Waals surface area contributed by atoms with Gasteiger partial charge in [-0.3, -0.25) is 0 Å². The Balaban J connectivity index is 3.50. The highest BCUT2D eigenvalue weighted by Crippen LogP contribution is 2.07. The SMILES string of the molecule is CC#C[P+](C)=O. The first-order valence-electron chi connectivity index (χ1n) is 1.60. The van der Waals surface area contributed by atoms with Crippen molar-refractivity contribution in [3.05, 3.63) is 0 Å². The van der Waals surface area contributed by atoms with Crippen LogP contribution in [0.3, 0.4) is 0 Å². The first kappa shape index (κ1) is 5.66. The van der Waals surface area contributed by atoms with E-state index in [0.29, 0.717) is 0 Å².